The number of aryl methyl sites for hydroxylation is 1. The van der Waals surface area contributed by atoms with Gasteiger partial charge in [-0.2, -0.15) is 0 Å². The highest BCUT2D eigenvalue weighted by Gasteiger charge is 2.07. The van der Waals surface area contributed by atoms with Crippen LogP contribution in [0.25, 0.3) is 0 Å². The van der Waals surface area contributed by atoms with Gasteiger partial charge in [0.1, 0.15) is 18.5 Å². The van der Waals surface area contributed by atoms with Gasteiger partial charge in [0.05, 0.1) is 0 Å². The molecule has 0 aliphatic carbocycles. The molecule has 2 rings (SSSR count). The summed E-state index contributed by atoms with van der Waals surface area (Å²) in [6, 6.07) is 13.1. The summed E-state index contributed by atoms with van der Waals surface area (Å²) in [6.45, 7) is 2.62. The van der Waals surface area contributed by atoms with Crippen LogP contribution in [-0.4, -0.2) is 24.4 Å². The lowest BCUT2D eigenvalue weighted by molar-refractivity contribution is 0.117. The Hall–Kier alpha value is -1.23. The zero-order valence-corrected chi connectivity index (χ0v) is 14.0. The number of anilines is 1. The third kappa shape index (κ3) is 5.23. The molecule has 1 atom stereocenters. The Balaban J connectivity index is 1.80. The molecule has 2 aromatic rings. The van der Waals surface area contributed by atoms with Gasteiger partial charge < -0.3 is 15.2 Å². The lowest BCUT2D eigenvalue weighted by Crippen LogP contribution is -2.26. The van der Waals surface area contributed by atoms with Crippen LogP contribution < -0.4 is 10.1 Å². The Morgan fingerprint density at radius 2 is 1.95 bits per heavy atom. The second-order valence-corrected chi connectivity index (χ2v) is 6.11. The number of nitrogens with one attached hydrogen (secondary N) is 1. The molecule has 0 amide bonds. The molecule has 112 valence electrons. The maximum Gasteiger partial charge on any atom is 0.119 e. The van der Waals surface area contributed by atoms with Gasteiger partial charge in [-0.15, -0.1) is 0 Å². The Kier molecular flexibility index (Phi) is 5.91. The minimum atomic E-state index is -0.605. The second-order valence-electron chi connectivity index (χ2n) is 4.76. The van der Waals surface area contributed by atoms with Gasteiger partial charge in [-0.3, -0.25) is 0 Å². The van der Waals surface area contributed by atoms with E-state index in [-0.39, 0.29) is 6.61 Å². The molecule has 0 aliphatic rings. The number of ether oxygens (including phenoxy) is 1. The highest BCUT2D eigenvalue weighted by Crippen LogP contribution is 2.20. The molecular formula is C16H17BrClNO2. The quantitative estimate of drug-likeness (QED) is 0.798. The van der Waals surface area contributed by atoms with Crippen molar-refractivity contribution in [2.75, 3.05) is 18.5 Å². The normalized spacial score (nSPS) is 12.0. The average molecular weight is 371 g/mol. The SMILES string of the molecule is Cc1ccc(Cl)cc1NCC(O)COc1ccc(Br)cc1. The predicted octanol–water partition coefficient (Wildman–Crippen LogP) is 4.26. The van der Waals surface area contributed by atoms with Gasteiger partial charge >= 0.3 is 0 Å². The number of aliphatic hydroxyl groups is 1. The molecule has 0 saturated heterocycles. The van der Waals surface area contributed by atoms with Crippen LogP contribution in [0.4, 0.5) is 5.69 Å². The Morgan fingerprint density at radius 3 is 2.67 bits per heavy atom. The third-order valence-electron chi connectivity index (χ3n) is 2.98. The van der Waals surface area contributed by atoms with E-state index in [1.54, 1.807) is 0 Å². The largest absolute Gasteiger partial charge is 0.491 e. The molecule has 0 heterocycles. The van der Waals surface area contributed by atoms with Crippen LogP contribution >= 0.6 is 27.5 Å². The van der Waals surface area contributed by atoms with Crippen molar-refractivity contribution >= 4 is 33.2 Å². The standard InChI is InChI=1S/C16H17BrClNO2/c1-11-2-5-13(18)8-16(11)19-9-14(20)10-21-15-6-3-12(17)4-7-15/h2-8,14,19-20H,9-10H2,1H3. The van der Waals surface area contributed by atoms with Crippen molar-refractivity contribution in [3.63, 3.8) is 0 Å². The summed E-state index contributed by atoms with van der Waals surface area (Å²) in [5.74, 6) is 0.733. The summed E-state index contributed by atoms with van der Waals surface area (Å²) < 4.78 is 6.52. The van der Waals surface area contributed by atoms with E-state index >= 15 is 0 Å². The predicted molar refractivity (Wildman–Crippen MR) is 90.3 cm³/mol. The van der Waals surface area contributed by atoms with Crippen LogP contribution in [-0.2, 0) is 0 Å². The van der Waals surface area contributed by atoms with E-state index in [0.29, 0.717) is 11.6 Å². The van der Waals surface area contributed by atoms with E-state index in [1.165, 1.54) is 0 Å². The van der Waals surface area contributed by atoms with E-state index in [2.05, 4.69) is 21.2 Å². The van der Waals surface area contributed by atoms with Gasteiger partial charge in [0, 0.05) is 21.7 Å². The molecular weight excluding hydrogens is 354 g/mol. The van der Waals surface area contributed by atoms with Gasteiger partial charge in [-0.05, 0) is 48.9 Å². The molecule has 0 spiro atoms. The van der Waals surface area contributed by atoms with Crippen molar-refractivity contribution in [3.05, 3.63) is 57.5 Å². The first-order valence-electron chi connectivity index (χ1n) is 6.61. The average Bonchev–Trinajstić information content (AvgIpc) is 2.47. The van der Waals surface area contributed by atoms with Crippen molar-refractivity contribution in [1.82, 2.24) is 0 Å². The van der Waals surface area contributed by atoms with E-state index in [0.717, 1.165) is 21.5 Å². The molecule has 0 saturated carbocycles. The van der Waals surface area contributed by atoms with Gasteiger partial charge in [0.25, 0.3) is 0 Å². The Morgan fingerprint density at radius 1 is 1.24 bits per heavy atom. The van der Waals surface area contributed by atoms with Gasteiger partial charge in [0.15, 0.2) is 0 Å². The lowest BCUT2D eigenvalue weighted by Gasteiger charge is -2.15. The zero-order valence-electron chi connectivity index (χ0n) is 11.6. The molecule has 0 radical (unpaired) electrons. The van der Waals surface area contributed by atoms with Gasteiger partial charge in [0.2, 0.25) is 0 Å². The Labute approximate surface area is 138 Å². The number of rotatable bonds is 6. The third-order valence-corrected chi connectivity index (χ3v) is 3.75. The fourth-order valence-electron chi connectivity index (χ4n) is 1.79. The minimum absolute atomic E-state index is 0.230. The van der Waals surface area contributed by atoms with Crippen LogP contribution in [0.15, 0.2) is 46.9 Å². The highest BCUT2D eigenvalue weighted by molar-refractivity contribution is 9.10. The van der Waals surface area contributed by atoms with E-state index < -0.39 is 6.10 Å². The number of hydrogen-bond acceptors (Lipinski definition) is 3. The first kappa shape index (κ1) is 16.1. The highest BCUT2D eigenvalue weighted by atomic mass is 79.9. The minimum Gasteiger partial charge on any atom is -0.491 e. The number of hydrogen-bond donors (Lipinski definition) is 2. The monoisotopic (exact) mass is 369 g/mol. The summed E-state index contributed by atoms with van der Waals surface area (Å²) in [7, 11) is 0. The molecule has 2 N–H and O–H groups in total. The zero-order chi connectivity index (χ0) is 15.2. The fraction of sp³-hybridized carbons (Fsp3) is 0.250. The van der Waals surface area contributed by atoms with E-state index in [4.69, 9.17) is 16.3 Å². The summed E-state index contributed by atoms with van der Waals surface area (Å²) in [4.78, 5) is 0. The van der Waals surface area contributed by atoms with Crippen molar-refractivity contribution < 1.29 is 9.84 Å². The summed E-state index contributed by atoms with van der Waals surface area (Å²) in [5, 5.41) is 13.8. The van der Waals surface area contributed by atoms with Crippen LogP contribution in [0, 0.1) is 6.92 Å². The molecule has 0 aromatic heterocycles. The van der Waals surface area contributed by atoms with Gasteiger partial charge in [-0.1, -0.05) is 33.6 Å². The topological polar surface area (TPSA) is 41.5 Å². The number of aliphatic hydroxyl groups excluding tert-OH is 1. The molecule has 1 unspecified atom stereocenters. The van der Waals surface area contributed by atoms with Crippen molar-refractivity contribution in [3.8, 4) is 5.75 Å². The number of halogens is 2. The lowest BCUT2D eigenvalue weighted by atomic mass is 10.2. The van der Waals surface area contributed by atoms with Crippen molar-refractivity contribution in [1.29, 1.82) is 0 Å². The summed E-state index contributed by atoms with van der Waals surface area (Å²) >= 11 is 9.32. The Bertz CT molecular complexity index is 589. The summed E-state index contributed by atoms with van der Waals surface area (Å²) in [6.07, 6.45) is -0.605. The molecule has 3 nitrogen and oxygen atoms in total. The maximum absolute atomic E-state index is 9.96. The molecule has 0 bridgehead atoms. The molecule has 21 heavy (non-hydrogen) atoms. The van der Waals surface area contributed by atoms with Gasteiger partial charge in [-0.25, -0.2) is 0 Å². The summed E-state index contributed by atoms with van der Waals surface area (Å²) in [5.41, 5.74) is 2.01. The van der Waals surface area contributed by atoms with Crippen LogP contribution in [0.1, 0.15) is 5.56 Å². The number of benzene rings is 2. The second kappa shape index (κ2) is 7.69. The molecule has 0 aliphatic heterocycles. The van der Waals surface area contributed by atoms with Crippen LogP contribution in [0.3, 0.4) is 0 Å². The van der Waals surface area contributed by atoms with Crippen molar-refractivity contribution in [2.24, 2.45) is 0 Å². The van der Waals surface area contributed by atoms with E-state index in [9.17, 15) is 5.11 Å². The first-order chi connectivity index (χ1) is 10.0. The maximum atomic E-state index is 9.96. The fourth-order valence-corrected chi connectivity index (χ4v) is 2.23. The molecule has 0 fully saturated rings. The first-order valence-corrected chi connectivity index (χ1v) is 7.78. The molecule has 2 aromatic carbocycles. The van der Waals surface area contributed by atoms with Crippen LogP contribution in [0.2, 0.25) is 5.02 Å². The van der Waals surface area contributed by atoms with Crippen molar-refractivity contribution in [2.45, 2.75) is 13.0 Å². The smallest absolute Gasteiger partial charge is 0.119 e. The molecule has 5 heteroatoms. The van der Waals surface area contributed by atoms with Crippen LogP contribution in [0.5, 0.6) is 5.75 Å². The van der Waals surface area contributed by atoms with E-state index in [1.807, 2.05) is 49.4 Å².